The summed E-state index contributed by atoms with van der Waals surface area (Å²) in [7, 11) is 0. The summed E-state index contributed by atoms with van der Waals surface area (Å²) in [5, 5.41) is 4.45. The van der Waals surface area contributed by atoms with Gasteiger partial charge in [-0.25, -0.2) is 0 Å². The van der Waals surface area contributed by atoms with Crippen molar-refractivity contribution in [2.24, 2.45) is 0 Å². The van der Waals surface area contributed by atoms with Crippen molar-refractivity contribution in [1.82, 2.24) is 15.1 Å². The molecule has 0 atom stereocenters. The van der Waals surface area contributed by atoms with Gasteiger partial charge in [-0.2, -0.15) is 4.98 Å². The van der Waals surface area contributed by atoms with Gasteiger partial charge in [0.1, 0.15) is 0 Å². The van der Waals surface area contributed by atoms with E-state index in [1.807, 2.05) is 6.07 Å². The van der Waals surface area contributed by atoms with E-state index in [1.54, 1.807) is 30.6 Å². The molecular formula is C13H8BrClN4O. The molecular weight excluding hydrogens is 344 g/mol. The first-order valence-corrected chi connectivity index (χ1v) is 6.80. The largest absolute Gasteiger partial charge is 0.399 e. The molecule has 0 bridgehead atoms. The zero-order valence-electron chi connectivity index (χ0n) is 10.0. The van der Waals surface area contributed by atoms with E-state index in [0.717, 1.165) is 10.0 Å². The third kappa shape index (κ3) is 2.66. The van der Waals surface area contributed by atoms with Crippen LogP contribution in [-0.2, 0) is 0 Å². The molecule has 0 unspecified atom stereocenters. The van der Waals surface area contributed by atoms with Gasteiger partial charge in [0.2, 0.25) is 5.82 Å². The van der Waals surface area contributed by atoms with Crippen LogP contribution in [0.25, 0.3) is 22.8 Å². The minimum absolute atomic E-state index is 0.356. The Bertz CT molecular complexity index is 754. The van der Waals surface area contributed by atoms with Gasteiger partial charge in [0.25, 0.3) is 5.89 Å². The molecule has 0 amide bonds. The Morgan fingerprint density at radius 1 is 1.10 bits per heavy atom. The molecule has 0 saturated carbocycles. The van der Waals surface area contributed by atoms with Gasteiger partial charge in [-0.15, -0.1) is 0 Å². The Labute approximate surface area is 127 Å². The fourth-order valence-electron chi connectivity index (χ4n) is 1.73. The summed E-state index contributed by atoms with van der Waals surface area (Å²) in [4.78, 5) is 8.38. The number of nitrogens with two attached hydrogens (primary N) is 1. The van der Waals surface area contributed by atoms with E-state index >= 15 is 0 Å². The van der Waals surface area contributed by atoms with Crippen molar-refractivity contribution in [3.05, 3.63) is 46.2 Å². The molecule has 2 heterocycles. The van der Waals surface area contributed by atoms with Crippen molar-refractivity contribution >= 4 is 33.2 Å². The summed E-state index contributed by atoms with van der Waals surface area (Å²) in [6, 6.07) is 6.95. The first-order valence-electron chi connectivity index (χ1n) is 5.63. The Morgan fingerprint density at radius 3 is 2.70 bits per heavy atom. The van der Waals surface area contributed by atoms with Gasteiger partial charge in [-0.3, -0.25) is 4.98 Å². The van der Waals surface area contributed by atoms with Gasteiger partial charge in [-0.1, -0.05) is 16.8 Å². The molecule has 0 radical (unpaired) electrons. The Hall–Kier alpha value is -1.92. The molecule has 0 fully saturated rings. The van der Waals surface area contributed by atoms with E-state index in [0.29, 0.717) is 28.0 Å². The topological polar surface area (TPSA) is 77.8 Å². The lowest BCUT2D eigenvalue weighted by molar-refractivity contribution is 0.432. The van der Waals surface area contributed by atoms with Gasteiger partial charge < -0.3 is 10.3 Å². The number of aromatic nitrogens is 3. The van der Waals surface area contributed by atoms with Crippen LogP contribution in [0.15, 0.2) is 45.7 Å². The van der Waals surface area contributed by atoms with Crippen LogP contribution in [0.5, 0.6) is 0 Å². The second kappa shape index (κ2) is 5.22. The first-order chi connectivity index (χ1) is 9.61. The van der Waals surface area contributed by atoms with E-state index in [2.05, 4.69) is 31.1 Å². The summed E-state index contributed by atoms with van der Waals surface area (Å²) in [6.07, 6.45) is 3.34. The molecule has 0 saturated heterocycles. The molecule has 2 N–H and O–H groups in total. The van der Waals surface area contributed by atoms with E-state index in [9.17, 15) is 0 Å². The third-order valence-corrected chi connectivity index (χ3v) is 3.21. The lowest BCUT2D eigenvalue weighted by atomic mass is 10.2. The predicted molar refractivity (Wildman–Crippen MR) is 80.1 cm³/mol. The summed E-state index contributed by atoms with van der Waals surface area (Å²) in [5.41, 5.74) is 7.71. The van der Waals surface area contributed by atoms with Crippen molar-refractivity contribution < 1.29 is 4.52 Å². The van der Waals surface area contributed by atoms with Crippen LogP contribution in [0.2, 0.25) is 5.02 Å². The summed E-state index contributed by atoms with van der Waals surface area (Å²) in [5.74, 6) is 0.807. The average molecular weight is 352 g/mol. The zero-order valence-corrected chi connectivity index (χ0v) is 12.4. The van der Waals surface area contributed by atoms with Crippen molar-refractivity contribution in [3.63, 3.8) is 0 Å². The molecule has 5 nitrogen and oxygen atoms in total. The zero-order chi connectivity index (χ0) is 14.1. The Morgan fingerprint density at radius 2 is 1.95 bits per heavy atom. The van der Waals surface area contributed by atoms with Gasteiger partial charge in [0.05, 0.1) is 0 Å². The molecule has 0 spiro atoms. The number of hydrogen-bond donors (Lipinski definition) is 1. The maximum atomic E-state index is 5.96. The highest BCUT2D eigenvalue weighted by molar-refractivity contribution is 9.10. The lowest BCUT2D eigenvalue weighted by Gasteiger charge is -1.98. The number of nitrogen functional groups attached to an aromatic ring is 1. The molecule has 20 heavy (non-hydrogen) atoms. The van der Waals surface area contributed by atoms with Crippen molar-refractivity contribution in [3.8, 4) is 22.8 Å². The van der Waals surface area contributed by atoms with Crippen LogP contribution in [0.4, 0.5) is 5.69 Å². The molecule has 3 rings (SSSR count). The standard InChI is InChI=1S/C13H8BrClN4O/c14-9-1-8(5-17-6-9)12-18-13(20-19-12)7-2-10(15)4-11(16)3-7/h1-6H,16H2. The average Bonchev–Trinajstić information content (AvgIpc) is 2.87. The van der Waals surface area contributed by atoms with Gasteiger partial charge >= 0.3 is 0 Å². The number of anilines is 1. The fraction of sp³-hybridized carbons (Fsp3) is 0. The highest BCUT2D eigenvalue weighted by Gasteiger charge is 2.12. The second-order valence-corrected chi connectivity index (χ2v) is 5.44. The molecule has 1 aromatic carbocycles. The number of nitrogens with zero attached hydrogens (tertiary/aromatic N) is 3. The van der Waals surface area contributed by atoms with Crippen molar-refractivity contribution in [2.75, 3.05) is 5.73 Å². The van der Waals surface area contributed by atoms with Crippen LogP contribution < -0.4 is 5.73 Å². The normalized spacial score (nSPS) is 10.7. The molecule has 100 valence electrons. The molecule has 0 aliphatic carbocycles. The maximum Gasteiger partial charge on any atom is 0.258 e. The summed E-state index contributed by atoms with van der Waals surface area (Å²) < 4.78 is 6.08. The van der Waals surface area contributed by atoms with Gasteiger partial charge in [-0.05, 0) is 40.2 Å². The lowest BCUT2D eigenvalue weighted by Crippen LogP contribution is -1.87. The second-order valence-electron chi connectivity index (χ2n) is 4.09. The van der Waals surface area contributed by atoms with E-state index in [1.165, 1.54) is 0 Å². The highest BCUT2D eigenvalue weighted by atomic mass is 79.9. The Kier molecular flexibility index (Phi) is 3.42. The maximum absolute atomic E-state index is 5.96. The summed E-state index contributed by atoms with van der Waals surface area (Å²) in [6.45, 7) is 0. The molecule has 2 aromatic heterocycles. The predicted octanol–water partition coefficient (Wildman–Crippen LogP) is 3.80. The van der Waals surface area contributed by atoms with Crippen LogP contribution in [-0.4, -0.2) is 15.1 Å². The van der Waals surface area contributed by atoms with Crippen LogP contribution in [0, 0.1) is 0 Å². The highest BCUT2D eigenvalue weighted by Crippen LogP contribution is 2.27. The quantitative estimate of drug-likeness (QED) is 0.711. The van der Waals surface area contributed by atoms with Crippen LogP contribution >= 0.6 is 27.5 Å². The first kappa shape index (κ1) is 13.1. The van der Waals surface area contributed by atoms with E-state index in [-0.39, 0.29) is 0 Å². The van der Waals surface area contributed by atoms with Gasteiger partial charge in [0.15, 0.2) is 0 Å². The van der Waals surface area contributed by atoms with E-state index in [4.69, 9.17) is 21.9 Å². The smallest absolute Gasteiger partial charge is 0.258 e. The fourth-order valence-corrected chi connectivity index (χ4v) is 2.34. The number of benzene rings is 1. The molecule has 3 aromatic rings. The molecule has 0 aliphatic heterocycles. The number of hydrogen-bond acceptors (Lipinski definition) is 5. The monoisotopic (exact) mass is 350 g/mol. The summed E-state index contributed by atoms with van der Waals surface area (Å²) >= 11 is 9.31. The van der Waals surface area contributed by atoms with Crippen LogP contribution in [0.1, 0.15) is 0 Å². The number of pyridine rings is 1. The van der Waals surface area contributed by atoms with Crippen molar-refractivity contribution in [2.45, 2.75) is 0 Å². The third-order valence-electron chi connectivity index (χ3n) is 2.56. The van der Waals surface area contributed by atoms with Gasteiger partial charge in [0, 0.05) is 38.7 Å². The van der Waals surface area contributed by atoms with E-state index < -0.39 is 0 Å². The number of rotatable bonds is 2. The molecule has 7 heteroatoms. The van der Waals surface area contributed by atoms with Crippen molar-refractivity contribution in [1.29, 1.82) is 0 Å². The minimum atomic E-state index is 0.356. The van der Waals surface area contributed by atoms with Crippen LogP contribution in [0.3, 0.4) is 0 Å². The molecule has 0 aliphatic rings. The SMILES string of the molecule is Nc1cc(Cl)cc(-c2nc(-c3cncc(Br)c3)no2)c1. The minimum Gasteiger partial charge on any atom is -0.399 e. The Balaban J connectivity index is 2.02. The number of halogens is 2.